The largest absolute Gasteiger partial charge is 0.416 e. The molecule has 0 atom stereocenters. The lowest BCUT2D eigenvalue weighted by Gasteiger charge is -2.16. The molecular formula is C25H15Cl3F3N3O3. The van der Waals surface area contributed by atoms with Crippen LogP contribution in [0, 0.1) is 0 Å². The molecule has 2 N–H and O–H groups in total. The van der Waals surface area contributed by atoms with E-state index in [4.69, 9.17) is 34.8 Å². The van der Waals surface area contributed by atoms with Crippen molar-refractivity contribution >= 4 is 63.9 Å². The molecule has 0 bridgehead atoms. The van der Waals surface area contributed by atoms with E-state index in [0.717, 1.165) is 17.0 Å². The number of alkyl halides is 3. The third-order valence-electron chi connectivity index (χ3n) is 5.32. The van der Waals surface area contributed by atoms with Crippen molar-refractivity contribution in [3.63, 3.8) is 0 Å². The third kappa shape index (κ3) is 5.90. The maximum absolute atomic E-state index is 12.9. The second-order valence-electron chi connectivity index (χ2n) is 7.86. The monoisotopic (exact) mass is 567 g/mol. The van der Waals surface area contributed by atoms with Crippen LogP contribution in [-0.2, 0) is 22.3 Å². The van der Waals surface area contributed by atoms with Gasteiger partial charge in [-0.05, 0) is 60.2 Å². The fourth-order valence-corrected chi connectivity index (χ4v) is 4.14. The minimum Gasteiger partial charge on any atom is -0.350 e. The summed E-state index contributed by atoms with van der Waals surface area (Å²) in [4.78, 5) is 38.9. The summed E-state index contributed by atoms with van der Waals surface area (Å²) in [5.41, 5.74) is -0.0761. The summed E-state index contributed by atoms with van der Waals surface area (Å²) >= 11 is 18.2. The van der Waals surface area contributed by atoms with Gasteiger partial charge in [-0.3, -0.25) is 19.3 Å². The van der Waals surface area contributed by atoms with Crippen LogP contribution >= 0.6 is 34.8 Å². The Bertz CT molecular complexity index is 1440. The highest BCUT2D eigenvalue weighted by molar-refractivity contribution is 6.48. The van der Waals surface area contributed by atoms with Crippen LogP contribution in [-0.4, -0.2) is 22.6 Å². The zero-order valence-corrected chi connectivity index (χ0v) is 20.8. The van der Waals surface area contributed by atoms with Crippen molar-refractivity contribution in [2.45, 2.75) is 12.7 Å². The summed E-state index contributed by atoms with van der Waals surface area (Å²) in [6.45, 7) is -0.121. The summed E-state index contributed by atoms with van der Waals surface area (Å²) in [5, 5.41) is 5.55. The molecule has 37 heavy (non-hydrogen) atoms. The van der Waals surface area contributed by atoms with Crippen LogP contribution in [0.1, 0.15) is 21.5 Å². The van der Waals surface area contributed by atoms with Gasteiger partial charge in [0.2, 0.25) is 0 Å². The average molecular weight is 569 g/mol. The van der Waals surface area contributed by atoms with Crippen molar-refractivity contribution in [2.75, 3.05) is 10.6 Å². The number of amides is 3. The fraction of sp³-hybridized carbons (Fsp3) is 0.0800. The number of imide groups is 1. The minimum absolute atomic E-state index is 0.0186. The van der Waals surface area contributed by atoms with E-state index in [9.17, 15) is 27.6 Å². The quantitative estimate of drug-likeness (QED) is 0.325. The van der Waals surface area contributed by atoms with Crippen molar-refractivity contribution < 1.29 is 27.6 Å². The van der Waals surface area contributed by atoms with Gasteiger partial charge in [-0.2, -0.15) is 13.2 Å². The molecular weight excluding hydrogens is 554 g/mol. The molecule has 0 saturated carbocycles. The first-order valence-electron chi connectivity index (χ1n) is 10.5. The first-order valence-corrected chi connectivity index (χ1v) is 11.6. The first kappa shape index (κ1) is 26.5. The number of carbonyl (C=O) groups is 3. The Morgan fingerprint density at radius 3 is 2.22 bits per heavy atom. The Labute approximate surface area is 223 Å². The number of anilines is 2. The Kier molecular flexibility index (Phi) is 7.49. The van der Waals surface area contributed by atoms with Gasteiger partial charge >= 0.3 is 6.18 Å². The predicted molar refractivity (Wildman–Crippen MR) is 134 cm³/mol. The van der Waals surface area contributed by atoms with Crippen molar-refractivity contribution in [1.82, 2.24) is 4.90 Å². The lowest BCUT2D eigenvalue weighted by atomic mass is 10.1. The van der Waals surface area contributed by atoms with E-state index in [1.54, 1.807) is 12.1 Å². The predicted octanol–water partition coefficient (Wildman–Crippen LogP) is 6.70. The molecule has 0 fully saturated rings. The molecule has 1 aliphatic rings. The van der Waals surface area contributed by atoms with E-state index in [2.05, 4.69) is 10.6 Å². The molecule has 1 aliphatic heterocycles. The van der Waals surface area contributed by atoms with Gasteiger partial charge in [-0.1, -0.05) is 46.9 Å². The van der Waals surface area contributed by atoms with Crippen LogP contribution in [0.4, 0.5) is 24.5 Å². The van der Waals surface area contributed by atoms with Crippen LogP contribution < -0.4 is 10.6 Å². The highest BCUT2D eigenvalue weighted by Gasteiger charge is 2.38. The standard InChI is InChI=1S/C25H15Cl3F3N3O3/c26-16-7-4-14(19(27)11-16)12-34-23(36)20(28)21(24(34)37)32-17-8-5-13(6-9-17)22(35)33-18-3-1-2-15(10-18)25(29,30)31/h1-11,32H,12H2,(H,33,35). The molecule has 0 aromatic heterocycles. The van der Waals surface area contributed by atoms with Gasteiger partial charge in [0.25, 0.3) is 17.7 Å². The van der Waals surface area contributed by atoms with Gasteiger partial charge in [-0.15, -0.1) is 0 Å². The first-order chi connectivity index (χ1) is 17.4. The van der Waals surface area contributed by atoms with Crippen molar-refractivity contribution in [1.29, 1.82) is 0 Å². The molecule has 3 aromatic rings. The van der Waals surface area contributed by atoms with E-state index < -0.39 is 29.5 Å². The Morgan fingerprint density at radius 2 is 1.57 bits per heavy atom. The smallest absolute Gasteiger partial charge is 0.350 e. The van der Waals surface area contributed by atoms with E-state index in [1.165, 1.54) is 42.5 Å². The number of benzene rings is 3. The molecule has 0 spiro atoms. The van der Waals surface area contributed by atoms with Crippen molar-refractivity contribution in [3.05, 3.63) is 104 Å². The summed E-state index contributed by atoms with van der Waals surface area (Å²) in [7, 11) is 0. The molecule has 1 heterocycles. The van der Waals surface area contributed by atoms with Gasteiger partial charge in [0.15, 0.2) is 0 Å². The fourth-order valence-electron chi connectivity index (χ4n) is 3.44. The topological polar surface area (TPSA) is 78.5 Å². The summed E-state index contributed by atoms with van der Waals surface area (Å²) in [6, 6.07) is 14.6. The molecule has 4 rings (SSSR count). The Balaban J connectivity index is 1.44. The van der Waals surface area contributed by atoms with Crippen molar-refractivity contribution in [3.8, 4) is 0 Å². The molecule has 12 heteroatoms. The number of carbonyl (C=O) groups excluding carboxylic acids is 3. The van der Waals surface area contributed by atoms with E-state index in [1.807, 2.05) is 0 Å². The van der Waals surface area contributed by atoms with Crippen LogP contribution in [0.25, 0.3) is 0 Å². The highest BCUT2D eigenvalue weighted by Crippen LogP contribution is 2.31. The number of nitrogens with one attached hydrogen (secondary N) is 2. The van der Waals surface area contributed by atoms with Gasteiger partial charge in [0.05, 0.1) is 12.1 Å². The molecule has 6 nitrogen and oxygen atoms in total. The molecule has 0 unspecified atom stereocenters. The number of hydrogen-bond donors (Lipinski definition) is 2. The van der Waals surface area contributed by atoms with E-state index in [-0.39, 0.29) is 33.5 Å². The molecule has 0 saturated heterocycles. The number of halogens is 6. The zero-order chi connectivity index (χ0) is 26.9. The molecule has 0 radical (unpaired) electrons. The van der Waals surface area contributed by atoms with Crippen LogP contribution in [0.2, 0.25) is 10.0 Å². The second kappa shape index (κ2) is 10.5. The maximum atomic E-state index is 12.9. The zero-order valence-electron chi connectivity index (χ0n) is 18.5. The van der Waals surface area contributed by atoms with Gasteiger partial charge < -0.3 is 10.6 Å². The summed E-state index contributed by atoms with van der Waals surface area (Å²) in [6.07, 6.45) is -4.54. The lowest BCUT2D eigenvalue weighted by molar-refractivity contribution is -0.138. The molecule has 3 amide bonds. The van der Waals surface area contributed by atoms with Gasteiger partial charge in [0, 0.05) is 27.0 Å². The van der Waals surface area contributed by atoms with Crippen LogP contribution in [0.5, 0.6) is 0 Å². The van der Waals surface area contributed by atoms with Crippen LogP contribution in [0.15, 0.2) is 77.5 Å². The van der Waals surface area contributed by atoms with Gasteiger partial charge in [0.1, 0.15) is 10.7 Å². The van der Waals surface area contributed by atoms with Crippen molar-refractivity contribution in [2.24, 2.45) is 0 Å². The number of rotatable bonds is 6. The lowest BCUT2D eigenvalue weighted by Crippen LogP contribution is -2.32. The van der Waals surface area contributed by atoms with Crippen LogP contribution in [0.3, 0.4) is 0 Å². The minimum atomic E-state index is -4.54. The normalized spacial score (nSPS) is 13.8. The van der Waals surface area contributed by atoms with Gasteiger partial charge in [-0.25, -0.2) is 0 Å². The third-order valence-corrected chi connectivity index (χ3v) is 6.26. The summed E-state index contributed by atoms with van der Waals surface area (Å²) < 4.78 is 38.7. The molecule has 0 aliphatic carbocycles. The van der Waals surface area contributed by atoms with E-state index >= 15 is 0 Å². The maximum Gasteiger partial charge on any atom is 0.416 e. The Hall–Kier alpha value is -3.53. The summed E-state index contributed by atoms with van der Waals surface area (Å²) in [5.74, 6) is -2.02. The second-order valence-corrected chi connectivity index (χ2v) is 9.08. The number of nitrogens with zero attached hydrogens (tertiary/aromatic N) is 1. The van der Waals surface area contributed by atoms with E-state index in [0.29, 0.717) is 16.3 Å². The average Bonchev–Trinajstić information content (AvgIpc) is 3.04. The Morgan fingerprint density at radius 1 is 0.865 bits per heavy atom. The SMILES string of the molecule is O=C(Nc1cccc(C(F)(F)F)c1)c1ccc(NC2=C(Cl)C(=O)N(Cc3ccc(Cl)cc3Cl)C2=O)cc1. The molecule has 190 valence electrons. The number of hydrogen-bond acceptors (Lipinski definition) is 4. The molecule has 3 aromatic carbocycles. The highest BCUT2D eigenvalue weighted by atomic mass is 35.5.